The number of H-pyrrole nitrogens is 2. The van der Waals surface area contributed by atoms with Crippen molar-refractivity contribution in [3.63, 3.8) is 0 Å². The zero-order valence-corrected chi connectivity index (χ0v) is 34.2. The molecule has 0 unspecified atom stereocenters. The lowest BCUT2D eigenvalue weighted by atomic mass is 10.0. The van der Waals surface area contributed by atoms with Crippen molar-refractivity contribution < 1.29 is 23.9 Å². The van der Waals surface area contributed by atoms with Crippen LogP contribution in [0.5, 0.6) is 0 Å². The number of methoxy groups -OCH3 is 1. The molecule has 2 aromatic heterocycles. The van der Waals surface area contributed by atoms with E-state index >= 15 is 0 Å². The molecule has 3 N–H and O–H groups in total. The number of nitrogens with zero attached hydrogens (tertiary/aromatic N) is 5. The van der Waals surface area contributed by atoms with Crippen LogP contribution in [-0.4, -0.2) is 99.0 Å². The molecule has 3 fully saturated rings. The summed E-state index contributed by atoms with van der Waals surface area (Å²) in [4.78, 5) is 63.1. The largest absolute Gasteiger partial charge is 0.453 e. The summed E-state index contributed by atoms with van der Waals surface area (Å²) in [5.41, 5.74) is 7.63. The molecule has 13 heteroatoms. The van der Waals surface area contributed by atoms with E-state index in [1.807, 2.05) is 65.8 Å². The van der Waals surface area contributed by atoms with Gasteiger partial charge in [0, 0.05) is 26.2 Å². The maximum Gasteiger partial charge on any atom is 0.407 e. The summed E-state index contributed by atoms with van der Waals surface area (Å²) in [6, 6.07) is 34.5. The van der Waals surface area contributed by atoms with E-state index in [1.54, 1.807) is 4.90 Å². The molecule has 0 radical (unpaired) electrons. The van der Waals surface area contributed by atoms with Crippen LogP contribution in [0.25, 0.3) is 33.6 Å². The Kier molecular flexibility index (Phi) is 11.7. The van der Waals surface area contributed by atoms with Gasteiger partial charge in [-0.3, -0.25) is 14.5 Å². The van der Waals surface area contributed by atoms with Crippen LogP contribution in [0.1, 0.15) is 72.6 Å². The van der Waals surface area contributed by atoms with Gasteiger partial charge >= 0.3 is 6.09 Å². The summed E-state index contributed by atoms with van der Waals surface area (Å²) < 4.78 is 10.5. The molecule has 3 aliphatic heterocycles. The number of aromatic nitrogens is 4. The van der Waals surface area contributed by atoms with Gasteiger partial charge in [0.15, 0.2) is 0 Å². The number of carbonyl (C=O) groups is 3. The fourth-order valence-electron chi connectivity index (χ4n) is 9.03. The molecule has 6 aromatic rings. The minimum atomic E-state index is -0.873. The summed E-state index contributed by atoms with van der Waals surface area (Å²) in [7, 11) is 1.29. The van der Waals surface area contributed by atoms with Crippen molar-refractivity contribution in [2.45, 2.75) is 49.9 Å². The highest BCUT2D eigenvalue weighted by Gasteiger charge is 2.40. The Morgan fingerprint density at radius 3 is 1.62 bits per heavy atom. The average molecular weight is 819 g/mol. The molecule has 0 saturated carbocycles. The first-order valence-electron chi connectivity index (χ1n) is 21.1. The van der Waals surface area contributed by atoms with E-state index in [4.69, 9.17) is 19.4 Å². The Balaban J connectivity index is 0.860. The number of ether oxygens (including phenoxy) is 2. The molecule has 0 aliphatic carbocycles. The van der Waals surface area contributed by atoms with Crippen molar-refractivity contribution in [1.29, 1.82) is 0 Å². The lowest BCUT2D eigenvalue weighted by molar-refractivity contribution is -0.140. The topological polar surface area (TPSA) is 149 Å². The highest BCUT2D eigenvalue weighted by Crippen LogP contribution is 2.37. The molecule has 13 nitrogen and oxygen atoms in total. The lowest BCUT2D eigenvalue weighted by Gasteiger charge is -2.37. The van der Waals surface area contributed by atoms with Gasteiger partial charge in [0.05, 0.1) is 56.2 Å². The van der Waals surface area contributed by atoms with Crippen LogP contribution >= 0.6 is 0 Å². The molecule has 4 aromatic carbocycles. The zero-order chi connectivity index (χ0) is 41.7. The maximum atomic E-state index is 14.3. The Labute approximate surface area is 355 Å². The van der Waals surface area contributed by atoms with Crippen LogP contribution in [0.4, 0.5) is 4.79 Å². The number of hydrogen-bond donors (Lipinski definition) is 3. The van der Waals surface area contributed by atoms with E-state index in [0.717, 1.165) is 83.8 Å². The predicted molar refractivity (Wildman–Crippen MR) is 231 cm³/mol. The number of benzene rings is 4. The molecule has 3 amide bonds. The second-order valence-electron chi connectivity index (χ2n) is 15.8. The van der Waals surface area contributed by atoms with E-state index in [0.29, 0.717) is 37.7 Å². The standard InChI is InChI=1S/C48H50N8O5/c1-60-48(59)53-42(36-10-4-2-5-11-36)46(57)55-24-8-14-40(55)44-49-30-38(51-44)34-20-16-32(17-21-34)33-18-22-35(23-19-33)39-31-50-45(52-39)41-15-9-25-56(41)47(58)43(37-12-6-3-7-13-37)54-26-28-61-29-27-54/h2-7,10-13,16-23,30-31,40-43H,8-9,14-15,24-29H2,1H3,(H,49,51)(H,50,52)(H,53,59)/t40-,41-,42+,43+/m0/s1. The zero-order valence-electron chi connectivity index (χ0n) is 34.2. The lowest BCUT2D eigenvalue weighted by Crippen LogP contribution is -2.47. The third-order valence-corrected chi connectivity index (χ3v) is 12.2. The summed E-state index contributed by atoms with van der Waals surface area (Å²) in [5.74, 6) is 1.44. The summed E-state index contributed by atoms with van der Waals surface area (Å²) in [6.07, 6.45) is 6.40. The van der Waals surface area contributed by atoms with Crippen LogP contribution in [0.3, 0.4) is 0 Å². The maximum absolute atomic E-state index is 14.3. The quantitative estimate of drug-likeness (QED) is 0.121. The highest BCUT2D eigenvalue weighted by molar-refractivity contribution is 5.87. The van der Waals surface area contributed by atoms with Crippen LogP contribution in [0.15, 0.2) is 122 Å². The van der Waals surface area contributed by atoms with E-state index in [1.165, 1.54) is 7.11 Å². The van der Waals surface area contributed by atoms with Gasteiger partial charge < -0.3 is 34.6 Å². The van der Waals surface area contributed by atoms with Crippen molar-refractivity contribution >= 4 is 17.9 Å². The number of morpholine rings is 1. The van der Waals surface area contributed by atoms with Gasteiger partial charge in [-0.15, -0.1) is 0 Å². The van der Waals surface area contributed by atoms with Crippen LogP contribution < -0.4 is 5.32 Å². The first kappa shape index (κ1) is 39.9. The van der Waals surface area contributed by atoms with E-state index in [2.05, 4.69) is 80.8 Å². The Hall–Kier alpha value is -6.57. The minimum absolute atomic E-state index is 0.112. The van der Waals surface area contributed by atoms with Gasteiger partial charge in [0.25, 0.3) is 5.91 Å². The molecule has 9 rings (SSSR count). The molecule has 3 aliphatic rings. The summed E-state index contributed by atoms with van der Waals surface area (Å²) >= 11 is 0. The number of amides is 3. The van der Waals surface area contributed by atoms with Crippen molar-refractivity contribution in [2.24, 2.45) is 0 Å². The number of rotatable bonds is 11. The third-order valence-electron chi connectivity index (χ3n) is 12.2. The van der Waals surface area contributed by atoms with Gasteiger partial charge in [-0.2, -0.15) is 0 Å². The number of carbonyl (C=O) groups excluding carboxylic acids is 3. The number of aromatic amines is 2. The minimum Gasteiger partial charge on any atom is -0.453 e. The van der Waals surface area contributed by atoms with Gasteiger partial charge in [-0.25, -0.2) is 14.8 Å². The number of hydrogen-bond acceptors (Lipinski definition) is 8. The van der Waals surface area contributed by atoms with E-state index in [9.17, 15) is 14.4 Å². The summed E-state index contributed by atoms with van der Waals surface area (Å²) in [6.45, 7) is 3.96. The Bertz CT molecular complexity index is 2430. The summed E-state index contributed by atoms with van der Waals surface area (Å²) in [5, 5.41) is 2.72. The van der Waals surface area contributed by atoms with Crippen LogP contribution in [0.2, 0.25) is 0 Å². The highest BCUT2D eigenvalue weighted by atomic mass is 16.5. The molecule has 61 heavy (non-hydrogen) atoms. The van der Waals surface area contributed by atoms with Gasteiger partial charge in [-0.05, 0) is 59.1 Å². The van der Waals surface area contributed by atoms with Crippen molar-refractivity contribution in [3.8, 4) is 33.6 Å². The molecular formula is C48H50N8O5. The van der Waals surface area contributed by atoms with Crippen molar-refractivity contribution in [1.82, 2.24) is 40.0 Å². The molecule has 0 bridgehead atoms. The number of nitrogens with one attached hydrogen (secondary N) is 3. The fourth-order valence-corrected chi connectivity index (χ4v) is 9.03. The van der Waals surface area contributed by atoms with Gasteiger partial charge in [0.2, 0.25) is 5.91 Å². The Morgan fingerprint density at radius 2 is 1.11 bits per heavy atom. The predicted octanol–water partition coefficient (Wildman–Crippen LogP) is 7.63. The van der Waals surface area contributed by atoms with Gasteiger partial charge in [-0.1, -0.05) is 109 Å². The molecule has 0 spiro atoms. The van der Waals surface area contributed by atoms with Crippen molar-refractivity contribution in [2.75, 3.05) is 46.5 Å². The van der Waals surface area contributed by atoms with Gasteiger partial charge in [0.1, 0.15) is 23.7 Å². The molecular weight excluding hydrogens is 769 g/mol. The molecule has 312 valence electrons. The number of likely N-dealkylation sites (tertiary alicyclic amines) is 2. The number of alkyl carbamates (subject to hydrolysis) is 1. The third kappa shape index (κ3) is 8.44. The monoisotopic (exact) mass is 818 g/mol. The first-order chi connectivity index (χ1) is 29.9. The van der Waals surface area contributed by atoms with Crippen molar-refractivity contribution in [3.05, 3.63) is 144 Å². The Morgan fingerprint density at radius 1 is 0.639 bits per heavy atom. The molecule has 3 saturated heterocycles. The smallest absolute Gasteiger partial charge is 0.407 e. The van der Waals surface area contributed by atoms with Crippen LogP contribution in [0, 0.1) is 0 Å². The average Bonchev–Trinajstić information content (AvgIpc) is 4.17. The van der Waals surface area contributed by atoms with E-state index in [-0.39, 0.29) is 29.9 Å². The van der Waals surface area contributed by atoms with E-state index < -0.39 is 12.1 Å². The second kappa shape index (κ2) is 18.0. The second-order valence-corrected chi connectivity index (χ2v) is 15.8. The molecule has 4 atom stereocenters. The normalized spacial score (nSPS) is 19.1. The fraction of sp³-hybridized carbons (Fsp3) is 0.312. The molecule has 5 heterocycles. The first-order valence-corrected chi connectivity index (χ1v) is 21.1. The SMILES string of the molecule is COC(=O)N[C@@H](C(=O)N1CCC[C@H]1c1ncc(-c2ccc(-c3ccc(-c4cnc([C@@H]5CCCN5C(=O)[C@@H](c5ccccc5)N5CCOCC5)[nH]4)cc3)cc2)[nH]1)c1ccccc1. The number of imidazole rings is 2. The van der Waals surface area contributed by atoms with Crippen LogP contribution in [-0.2, 0) is 19.1 Å².